The zero-order chi connectivity index (χ0) is 32.2. The van der Waals surface area contributed by atoms with Crippen molar-refractivity contribution < 1.29 is 42.1 Å². The molecule has 0 aliphatic rings. The van der Waals surface area contributed by atoms with E-state index in [1.165, 1.54) is 0 Å². The number of allylic oxidation sites excluding steroid dienone is 8. The van der Waals surface area contributed by atoms with Crippen LogP contribution in [0.2, 0.25) is 0 Å². The second kappa shape index (κ2) is 26.4. The Morgan fingerprint density at radius 3 is 1.93 bits per heavy atom. The SMILES string of the molecule is CC/C=C\C/C=C\C/C=C\C/C=C\CCCCCCC(=O)OC(COC(=O)CCCC)COP(=O)([O-])OCC[N+](C)(C)C. The number of unbranched alkanes of at least 4 members (excludes halogenated alkanes) is 5. The Labute approximate surface area is 261 Å². The van der Waals surface area contributed by atoms with Gasteiger partial charge in [-0.25, -0.2) is 0 Å². The standard InChI is InChI=1S/C33H58NO8P/c1-6-8-10-11-12-13-14-15-16-17-18-19-20-21-22-23-24-26-33(36)42-31(29-39-32(35)25-9-7-2)30-41-43(37,38)40-28-27-34(3,4)5/h8,10,12-13,15-16,18-19,31H,6-7,9,11,14,17,20-30H2,1-5H3/b10-8-,13-12-,16-15-,19-18-. The fraction of sp³-hybridized carbons (Fsp3) is 0.697. The summed E-state index contributed by atoms with van der Waals surface area (Å²) in [7, 11) is 1.13. The van der Waals surface area contributed by atoms with Gasteiger partial charge in [-0.2, -0.15) is 0 Å². The van der Waals surface area contributed by atoms with Crippen molar-refractivity contribution in [2.24, 2.45) is 0 Å². The molecule has 0 radical (unpaired) electrons. The van der Waals surface area contributed by atoms with Crippen molar-refractivity contribution in [1.29, 1.82) is 0 Å². The summed E-state index contributed by atoms with van der Waals surface area (Å²) >= 11 is 0. The minimum Gasteiger partial charge on any atom is -0.756 e. The summed E-state index contributed by atoms with van der Waals surface area (Å²) in [6.45, 7) is 3.76. The van der Waals surface area contributed by atoms with Crippen molar-refractivity contribution in [2.45, 2.75) is 103 Å². The molecular weight excluding hydrogens is 569 g/mol. The molecule has 248 valence electrons. The molecule has 0 rings (SSSR count). The molecule has 0 aromatic carbocycles. The summed E-state index contributed by atoms with van der Waals surface area (Å²) < 4.78 is 33.1. The van der Waals surface area contributed by atoms with Gasteiger partial charge in [0.05, 0.1) is 27.7 Å². The smallest absolute Gasteiger partial charge is 0.306 e. The number of rotatable bonds is 27. The Balaban J connectivity index is 4.33. The highest BCUT2D eigenvalue weighted by Crippen LogP contribution is 2.38. The van der Waals surface area contributed by atoms with Crippen molar-refractivity contribution in [3.63, 3.8) is 0 Å². The number of nitrogens with zero attached hydrogens (tertiary/aromatic N) is 1. The van der Waals surface area contributed by atoms with Gasteiger partial charge in [-0.3, -0.25) is 14.2 Å². The van der Waals surface area contributed by atoms with E-state index < -0.39 is 32.5 Å². The number of phosphoric acid groups is 1. The third kappa shape index (κ3) is 29.8. The van der Waals surface area contributed by atoms with Crippen LogP contribution in [0.15, 0.2) is 48.6 Å². The average molecular weight is 628 g/mol. The van der Waals surface area contributed by atoms with Gasteiger partial charge in [-0.05, 0) is 51.4 Å². The van der Waals surface area contributed by atoms with Crippen LogP contribution >= 0.6 is 7.82 Å². The zero-order valence-electron chi connectivity index (χ0n) is 27.4. The maximum atomic E-state index is 12.4. The Morgan fingerprint density at radius 2 is 1.33 bits per heavy atom. The summed E-state index contributed by atoms with van der Waals surface area (Å²) in [6.07, 6.45) is 26.9. The fourth-order valence-corrected chi connectivity index (χ4v) is 4.29. The lowest BCUT2D eigenvalue weighted by atomic mass is 10.1. The topological polar surface area (TPSA) is 111 Å². The lowest BCUT2D eigenvalue weighted by Gasteiger charge is -2.28. The van der Waals surface area contributed by atoms with Crippen LogP contribution in [0.5, 0.6) is 0 Å². The van der Waals surface area contributed by atoms with Gasteiger partial charge in [0.25, 0.3) is 7.82 Å². The average Bonchev–Trinajstić information content (AvgIpc) is 2.94. The van der Waals surface area contributed by atoms with Crippen molar-refractivity contribution in [3.8, 4) is 0 Å². The molecule has 10 heteroatoms. The van der Waals surface area contributed by atoms with E-state index in [4.69, 9.17) is 18.5 Å². The number of ether oxygens (including phenoxy) is 2. The second-order valence-electron chi connectivity index (χ2n) is 11.4. The molecular formula is C33H58NO8P. The molecule has 0 aromatic heterocycles. The molecule has 0 saturated carbocycles. The number of hydrogen-bond donors (Lipinski definition) is 0. The van der Waals surface area contributed by atoms with E-state index in [0.29, 0.717) is 23.9 Å². The van der Waals surface area contributed by atoms with Gasteiger partial charge < -0.3 is 27.9 Å². The highest BCUT2D eigenvalue weighted by atomic mass is 31.2. The largest absolute Gasteiger partial charge is 0.756 e. The fourth-order valence-electron chi connectivity index (χ4n) is 3.56. The number of esters is 2. The molecule has 0 bridgehead atoms. The second-order valence-corrected chi connectivity index (χ2v) is 12.9. The normalized spacial score (nSPS) is 14.7. The maximum Gasteiger partial charge on any atom is 0.306 e. The molecule has 43 heavy (non-hydrogen) atoms. The van der Waals surface area contributed by atoms with Crippen LogP contribution in [-0.4, -0.2) is 70.0 Å². The number of phosphoric ester groups is 1. The summed E-state index contributed by atoms with van der Waals surface area (Å²) in [6, 6.07) is 0. The van der Waals surface area contributed by atoms with E-state index in [0.717, 1.165) is 57.8 Å². The van der Waals surface area contributed by atoms with Crippen LogP contribution in [0.25, 0.3) is 0 Å². The van der Waals surface area contributed by atoms with Gasteiger partial charge in [0.2, 0.25) is 0 Å². The number of likely N-dealkylation sites (N-methyl/N-ethyl adjacent to an activating group) is 1. The molecule has 9 nitrogen and oxygen atoms in total. The Hall–Kier alpha value is -2.03. The van der Waals surface area contributed by atoms with E-state index in [2.05, 4.69) is 55.5 Å². The highest BCUT2D eigenvalue weighted by Gasteiger charge is 2.21. The summed E-state index contributed by atoms with van der Waals surface area (Å²) in [5.74, 6) is -0.913. The maximum absolute atomic E-state index is 12.4. The van der Waals surface area contributed by atoms with Crippen LogP contribution in [-0.2, 0) is 32.7 Å². The molecule has 0 spiro atoms. The first-order valence-corrected chi connectivity index (χ1v) is 17.3. The van der Waals surface area contributed by atoms with Crippen molar-refractivity contribution in [2.75, 3.05) is 47.5 Å². The molecule has 0 aromatic rings. The number of hydrogen-bond acceptors (Lipinski definition) is 8. The summed E-state index contributed by atoms with van der Waals surface area (Å²) in [5.41, 5.74) is 0. The first kappa shape index (κ1) is 41.0. The Bertz CT molecular complexity index is 892. The van der Waals surface area contributed by atoms with Crippen LogP contribution in [0.4, 0.5) is 0 Å². The minimum atomic E-state index is -4.60. The molecule has 0 fully saturated rings. The Morgan fingerprint density at radius 1 is 0.744 bits per heavy atom. The molecule has 2 unspecified atom stereocenters. The predicted octanol–water partition coefficient (Wildman–Crippen LogP) is 6.99. The van der Waals surface area contributed by atoms with Crippen molar-refractivity contribution >= 4 is 19.8 Å². The molecule has 0 aliphatic heterocycles. The van der Waals surface area contributed by atoms with Gasteiger partial charge in [-0.15, -0.1) is 0 Å². The van der Waals surface area contributed by atoms with Crippen molar-refractivity contribution in [1.82, 2.24) is 0 Å². The minimum absolute atomic E-state index is 0.0387. The molecule has 0 aliphatic carbocycles. The van der Waals surface area contributed by atoms with Crippen LogP contribution < -0.4 is 4.89 Å². The first-order chi connectivity index (χ1) is 20.5. The van der Waals surface area contributed by atoms with Gasteiger partial charge in [-0.1, -0.05) is 81.7 Å². The molecule has 0 amide bonds. The quantitative estimate of drug-likeness (QED) is 0.0315. The Kier molecular flexibility index (Phi) is 25.1. The first-order valence-electron chi connectivity index (χ1n) is 15.8. The number of carbonyl (C=O) groups is 2. The van der Waals surface area contributed by atoms with Crippen LogP contribution in [0, 0.1) is 0 Å². The third-order valence-electron chi connectivity index (χ3n) is 6.11. The molecule has 0 saturated heterocycles. The van der Waals surface area contributed by atoms with Gasteiger partial charge in [0, 0.05) is 12.8 Å². The van der Waals surface area contributed by atoms with Crippen LogP contribution in [0.3, 0.4) is 0 Å². The van der Waals surface area contributed by atoms with E-state index in [-0.39, 0.29) is 26.1 Å². The van der Waals surface area contributed by atoms with E-state index in [9.17, 15) is 19.0 Å². The predicted molar refractivity (Wildman–Crippen MR) is 171 cm³/mol. The van der Waals surface area contributed by atoms with Gasteiger partial charge in [0.1, 0.15) is 19.8 Å². The highest BCUT2D eigenvalue weighted by molar-refractivity contribution is 7.45. The lowest BCUT2D eigenvalue weighted by molar-refractivity contribution is -0.870. The number of quaternary nitrogens is 1. The van der Waals surface area contributed by atoms with Crippen molar-refractivity contribution in [3.05, 3.63) is 48.6 Å². The molecule has 0 heterocycles. The zero-order valence-corrected chi connectivity index (χ0v) is 28.3. The third-order valence-corrected chi connectivity index (χ3v) is 7.08. The number of carbonyl (C=O) groups excluding carboxylic acids is 2. The monoisotopic (exact) mass is 627 g/mol. The van der Waals surface area contributed by atoms with E-state index in [1.54, 1.807) is 0 Å². The lowest BCUT2D eigenvalue weighted by Crippen LogP contribution is -2.37. The molecule has 0 N–H and O–H groups in total. The van der Waals surface area contributed by atoms with Crippen LogP contribution in [0.1, 0.15) is 97.3 Å². The van der Waals surface area contributed by atoms with E-state index >= 15 is 0 Å². The van der Waals surface area contributed by atoms with Gasteiger partial charge in [0.15, 0.2) is 6.10 Å². The summed E-state index contributed by atoms with van der Waals surface area (Å²) in [4.78, 5) is 36.5. The summed E-state index contributed by atoms with van der Waals surface area (Å²) in [5, 5.41) is 0. The van der Waals surface area contributed by atoms with Gasteiger partial charge >= 0.3 is 11.9 Å². The van der Waals surface area contributed by atoms with E-state index in [1.807, 2.05) is 28.1 Å². The molecule has 2 atom stereocenters.